The second-order valence-electron chi connectivity index (χ2n) is 6.64. The minimum Gasteiger partial charge on any atom is -0.355 e. The molecule has 11 heteroatoms. The molecule has 1 fully saturated rings. The molecule has 1 heterocycles. The van der Waals surface area contributed by atoms with Crippen LogP contribution in [0.5, 0.6) is 0 Å². The lowest BCUT2D eigenvalue weighted by atomic mass is 9.89. The largest absolute Gasteiger partial charge is 0.425 e. The topological polar surface area (TPSA) is 108 Å². The van der Waals surface area contributed by atoms with E-state index in [0.717, 1.165) is 12.1 Å². The Hall–Kier alpha value is -3.89. The van der Waals surface area contributed by atoms with E-state index in [1.165, 1.54) is 49.5 Å². The molecule has 0 aliphatic carbocycles. The van der Waals surface area contributed by atoms with Crippen LogP contribution in [0.15, 0.2) is 54.6 Å². The lowest BCUT2D eigenvalue weighted by Crippen LogP contribution is -2.55. The van der Waals surface area contributed by atoms with Crippen LogP contribution in [0.1, 0.15) is 15.9 Å². The van der Waals surface area contributed by atoms with E-state index in [2.05, 4.69) is 10.6 Å². The second-order valence-corrected chi connectivity index (χ2v) is 6.64. The van der Waals surface area contributed by atoms with Gasteiger partial charge in [-0.3, -0.25) is 19.3 Å². The molecule has 2 aromatic rings. The number of imide groups is 1. The number of carbonyl (C=O) groups is 4. The normalized spacial score (nSPS) is 18.5. The quantitative estimate of drug-likeness (QED) is 0.626. The first-order chi connectivity index (χ1) is 14.6. The number of nitrogens with one attached hydrogen (secondary N) is 3. The van der Waals surface area contributed by atoms with Crippen molar-refractivity contribution in [1.82, 2.24) is 15.5 Å². The van der Waals surface area contributed by atoms with Gasteiger partial charge in [0.25, 0.3) is 11.8 Å². The molecule has 0 saturated carbocycles. The Morgan fingerprint density at radius 1 is 1.03 bits per heavy atom. The Bertz CT molecular complexity index is 1020. The van der Waals surface area contributed by atoms with Crippen molar-refractivity contribution in [3.05, 3.63) is 65.7 Å². The third-order valence-electron chi connectivity index (χ3n) is 4.70. The lowest BCUT2D eigenvalue weighted by Gasteiger charge is -2.29. The Morgan fingerprint density at radius 3 is 2.19 bits per heavy atom. The molecular weight excluding hydrogens is 417 g/mol. The van der Waals surface area contributed by atoms with Crippen LogP contribution in [0.25, 0.3) is 0 Å². The number of hydrogen-bond acceptors (Lipinski definition) is 4. The van der Waals surface area contributed by atoms with Crippen LogP contribution in [0.3, 0.4) is 0 Å². The summed E-state index contributed by atoms with van der Waals surface area (Å²) < 4.78 is 41.8. The summed E-state index contributed by atoms with van der Waals surface area (Å²) in [6, 6.07) is 10.5. The highest BCUT2D eigenvalue weighted by Crippen LogP contribution is 2.43. The average molecular weight is 434 g/mol. The number of alkyl halides is 3. The highest BCUT2D eigenvalue weighted by molar-refractivity contribution is 6.11. The first-order valence-corrected chi connectivity index (χ1v) is 8.98. The van der Waals surface area contributed by atoms with Crippen molar-refractivity contribution >= 4 is 29.4 Å². The first-order valence-electron chi connectivity index (χ1n) is 8.98. The molecule has 1 atom stereocenters. The molecule has 0 aromatic heterocycles. The van der Waals surface area contributed by atoms with Crippen LogP contribution in [-0.2, 0) is 15.1 Å². The van der Waals surface area contributed by atoms with Gasteiger partial charge < -0.3 is 16.0 Å². The van der Waals surface area contributed by atoms with Gasteiger partial charge in [-0.15, -0.1) is 0 Å². The number of hydrogen-bond donors (Lipinski definition) is 3. The van der Waals surface area contributed by atoms with Crippen molar-refractivity contribution in [2.75, 3.05) is 18.9 Å². The summed E-state index contributed by atoms with van der Waals surface area (Å²) in [6.45, 7) is -0.924. The van der Waals surface area contributed by atoms with Crippen molar-refractivity contribution in [2.45, 2.75) is 11.7 Å². The van der Waals surface area contributed by atoms with Crippen molar-refractivity contribution in [3.8, 4) is 0 Å². The summed E-state index contributed by atoms with van der Waals surface area (Å²) in [5.74, 6) is -2.83. The standard InChI is InChI=1S/C20H17F3N4O4/c1-24-16(29)12-7-9-14(10-8-12)25-15(28)11-27-17(30)19(20(21,22)23,26-18(27)31)13-5-3-2-4-6-13/h2-10H,11H2,1H3,(H,24,29)(H,25,28)(H,26,31). The van der Waals surface area contributed by atoms with Gasteiger partial charge in [-0.25, -0.2) is 4.79 Å². The van der Waals surface area contributed by atoms with Gasteiger partial charge >= 0.3 is 12.2 Å². The van der Waals surface area contributed by atoms with Gasteiger partial charge in [0.2, 0.25) is 11.4 Å². The van der Waals surface area contributed by atoms with Crippen molar-refractivity contribution in [3.63, 3.8) is 0 Å². The highest BCUT2D eigenvalue weighted by Gasteiger charge is 2.68. The Kier molecular flexibility index (Phi) is 5.69. The summed E-state index contributed by atoms with van der Waals surface area (Å²) in [5.41, 5.74) is -3.18. The van der Waals surface area contributed by atoms with Crippen LogP contribution in [0.2, 0.25) is 0 Å². The van der Waals surface area contributed by atoms with Gasteiger partial charge in [-0.1, -0.05) is 30.3 Å². The molecule has 2 aromatic carbocycles. The average Bonchev–Trinajstić information content (AvgIpc) is 3.00. The van der Waals surface area contributed by atoms with Gasteiger partial charge in [0.15, 0.2) is 0 Å². The molecule has 1 unspecified atom stereocenters. The summed E-state index contributed by atoms with van der Waals surface area (Å²) in [5, 5.41) is 6.51. The number of rotatable bonds is 5. The van der Waals surface area contributed by atoms with E-state index in [9.17, 15) is 32.3 Å². The van der Waals surface area contributed by atoms with Gasteiger partial charge in [0.1, 0.15) is 6.54 Å². The number of amides is 5. The van der Waals surface area contributed by atoms with E-state index in [1.54, 1.807) is 5.32 Å². The Morgan fingerprint density at radius 2 is 1.65 bits per heavy atom. The molecule has 8 nitrogen and oxygen atoms in total. The number of nitrogens with zero attached hydrogens (tertiary/aromatic N) is 1. The van der Waals surface area contributed by atoms with Crippen LogP contribution < -0.4 is 16.0 Å². The van der Waals surface area contributed by atoms with E-state index in [1.807, 2.05) is 0 Å². The summed E-state index contributed by atoms with van der Waals surface area (Å²) in [4.78, 5) is 49.0. The Balaban J connectivity index is 1.79. The second kappa shape index (κ2) is 8.09. The maximum atomic E-state index is 13.9. The van der Waals surface area contributed by atoms with Crippen LogP contribution in [0.4, 0.5) is 23.7 Å². The molecule has 0 radical (unpaired) electrons. The third-order valence-corrected chi connectivity index (χ3v) is 4.70. The highest BCUT2D eigenvalue weighted by atomic mass is 19.4. The minimum absolute atomic E-state index is 0.217. The fraction of sp³-hybridized carbons (Fsp3) is 0.200. The lowest BCUT2D eigenvalue weighted by molar-refractivity contribution is -0.198. The van der Waals surface area contributed by atoms with Crippen molar-refractivity contribution in [1.29, 1.82) is 0 Å². The molecule has 1 aliphatic heterocycles. The molecule has 3 N–H and O–H groups in total. The van der Waals surface area contributed by atoms with Gasteiger partial charge in [0.05, 0.1) is 0 Å². The zero-order valence-electron chi connectivity index (χ0n) is 16.1. The SMILES string of the molecule is CNC(=O)c1ccc(NC(=O)CN2C(=O)NC(c3ccccc3)(C(F)(F)F)C2=O)cc1. The maximum absolute atomic E-state index is 13.9. The third kappa shape index (κ3) is 3.93. The summed E-state index contributed by atoms with van der Waals surface area (Å²) in [6.07, 6.45) is -5.14. The number of anilines is 1. The van der Waals surface area contributed by atoms with Gasteiger partial charge in [-0.2, -0.15) is 13.2 Å². The molecule has 0 bridgehead atoms. The monoisotopic (exact) mass is 434 g/mol. The van der Waals surface area contributed by atoms with Gasteiger partial charge in [-0.05, 0) is 29.8 Å². The number of carbonyl (C=O) groups excluding carboxylic acids is 4. The van der Waals surface area contributed by atoms with Gasteiger partial charge in [0, 0.05) is 18.3 Å². The van der Waals surface area contributed by atoms with E-state index in [-0.39, 0.29) is 16.5 Å². The Labute approximate surface area is 174 Å². The minimum atomic E-state index is -5.14. The summed E-state index contributed by atoms with van der Waals surface area (Å²) >= 11 is 0. The molecular formula is C20H17F3N4O4. The predicted molar refractivity (Wildman–Crippen MR) is 103 cm³/mol. The molecule has 0 spiro atoms. The van der Waals surface area contributed by atoms with Crippen LogP contribution in [0, 0.1) is 0 Å². The molecule has 3 rings (SSSR count). The van der Waals surface area contributed by atoms with Crippen LogP contribution in [-0.4, -0.2) is 48.4 Å². The van der Waals surface area contributed by atoms with Crippen molar-refractivity contribution in [2.24, 2.45) is 0 Å². The number of halogens is 3. The fourth-order valence-electron chi connectivity index (χ4n) is 3.15. The molecule has 31 heavy (non-hydrogen) atoms. The predicted octanol–water partition coefficient (Wildman–Crippen LogP) is 1.99. The summed E-state index contributed by atoms with van der Waals surface area (Å²) in [7, 11) is 1.45. The smallest absolute Gasteiger partial charge is 0.355 e. The molecule has 1 aliphatic rings. The van der Waals surface area contributed by atoms with E-state index >= 15 is 0 Å². The number of urea groups is 1. The molecule has 162 valence electrons. The molecule has 5 amide bonds. The zero-order chi connectivity index (χ0) is 22.8. The van der Waals surface area contributed by atoms with Crippen molar-refractivity contribution < 1.29 is 32.3 Å². The van der Waals surface area contributed by atoms with E-state index < -0.39 is 41.7 Å². The van der Waals surface area contributed by atoms with Crippen LogP contribution >= 0.6 is 0 Å². The first kappa shape index (κ1) is 21.8. The van der Waals surface area contributed by atoms with E-state index in [4.69, 9.17) is 0 Å². The molecule has 1 saturated heterocycles. The maximum Gasteiger partial charge on any atom is 0.425 e. The number of benzene rings is 2. The zero-order valence-corrected chi connectivity index (χ0v) is 16.1. The fourth-order valence-corrected chi connectivity index (χ4v) is 3.15. The van der Waals surface area contributed by atoms with E-state index in [0.29, 0.717) is 5.56 Å².